The van der Waals surface area contributed by atoms with Gasteiger partial charge in [0.15, 0.2) is 0 Å². The van der Waals surface area contributed by atoms with Gasteiger partial charge in [-0.05, 0) is 72.5 Å². The molecule has 0 saturated carbocycles. The molecule has 0 aromatic rings. The second-order valence-corrected chi connectivity index (χ2v) is 16.8. The van der Waals surface area contributed by atoms with E-state index in [1.54, 1.807) is 0 Å². The summed E-state index contributed by atoms with van der Waals surface area (Å²) in [5.41, 5.74) is 1.20. The quantitative estimate of drug-likeness (QED) is 0.143. The zero-order chi connectivity index (χ0) is 27.3. The first-order chi connectivity index (χ1) is 16.0. The van der Waals surface area contributed by atoms with Gasteiger partial charge in [-0.1, -0.05) is 102 Å². The molecule has 3 nitrogen and oxygen atoms in total. The molecule has 3 atom stereocenters. The monoisotopic (exact) mass is 514 g/mol. The topological polar surface area (TPSA) is 27.7 Å². The van der Waals surface area contributed by atoms with Crippen LogP contribution in [0.5, 0.6) is 0 Å². The van der Waals surface area contributed by atoms with Gasteiger partial charge in [0, 0.05) is 26.4 Å². The van der Waals surface area contributed by atoms with Gasteiger partial charge in [-0.3, -0.25) is 0 Å². The third-order valence-corrected chi connectivity index (χ3v) is 10.7. The van der Waals surface area contributed by atoms with E-state index in [0.29, 0.717) is 34.0 Å². The van der Waals surface area contributed by atoms with Crippen LogP contribution in [-0.2, 0) is 13.3 Å². The molecule has 0 bridgehead atoms. The third-order valence-electron chi connectivity index (χ3n) is 8.50. The Morgan fingerprint density at radius 3 is 0.943 bits per heavy atom. The van der Waals surface area contributed by atoms with Gasteiger partial charge in [-0.15, -0.1) is 0 Å². The summed E-state index contributed by atoms with van der Waals surface area (Å²) in [7, 11) is -2.65. The SMILES string of the molecule is CCC(C)(C)CC(C)CCO[Si](C)(OCCC(C)CC(C)(C)CC)OCCC(C)CC(C)(C)CC. The molecule has 0 amide bonds. The lowest BCUT2D eigenvalue weighted by Crippen LogP contribution is -2.44. The summed E-state index contributed by atoms with van der Waals surface area (Å²) >= 11 is 0. The van der Waals surface area contributed by atoms with Crippen molar-refractivity contribution in [3.05, 3.63) is 0 Å². The minimum absolute atomic E-state index is 0.401. The molecule has 0 aliphatic rings. The summed E-state index contributed by atoms with van der Waals surface area (Å²) in [6.07, 6.45) is 10.6. The smallest absolute Gasteiger partial charge is 0.374 e. The Morgan fingerprint density at radius 2 is 0.743 bits per heavy atom. The average Bonchev–Trinajstić information content (AvgIpc) is 2.72. The van der Waals surface area contributed by atoms with Crippen molar-refractivity contribution in [3.8, 4) is 0 Å². The number of rotatable bonds is 21. The second-order valence-electron chi connectivity index (χ2n) is 14.3. The highest BCUT2D eigenvalue weighted by molar-refractivity contribution is 6.59. The predicted molar refractivity (Wildman–Crippen MR) is 157 cm³/mol. The summed E-state index contributed by atoms with van der Waals surface area (Å²) in [5, 5.41) is 0. The molecule has 35 heavy (non-hydrogen) atoms. The molecule has 0 heterocycles. The minimum atomic E-state index is -2.65. The molecule has 0 aromatic carbocycles. The van der Waals surface area contributed by atoms with Gasteiger partial charge in [0.1, 0.15) is 0 Å². The van der Waals surface area contributed by atoms with E-state index in [0.717, 1.165) is 39.1 Å². The predicted octanol–water partition coefficient (Wildman–Crippen LogP) is 10.2. The molecular weight excluding hydrogens is 448 g/mol. The summed E-state index contributed by atoms with van der Waals surface area (Å²) in [5.74, 6) is 1.95. The van der Waals surface area contributed by atoms with Crippen molar-refractivity contribution in [1.29, 1.82) is 0 Å². The van der Waals surface area contributed by atoms with E-state index < -0.39 is 8.80 Å². The fourth-order valence-corrected chi connectivity index (χ4v) is 6.75. The average molecular weight is 515 g/mol. The summed E-state index contributed by atoms with van der Waals surface area (Å²) in [6, 6.07) is 0. The van der Waals surface area contributed by atoms with Crippen LogP contribution in [0.15, 0.2) is 0 Å². The van der Waals surface area contributed by atoms with Gasteiger partial charge < -0.3 is 13.3 Å². The fraction of sp³-hybridized carbons (Fsp3) is 1.00. The zero-order valence-electron chi connectivity index (χ0n) is 26.4. The maximum absolute atomic E-state index is 6.45. The molecule has 0 spiro atoms. The van der Waals surface area contributed by atoms with Gasteiger partial charge in [0.25, 0.3) is 0 Å². The van der Waals surface area contributed by atoms with Crippen molar-refractivity contribution in [1.82, 2.24) is 0 Å². The van der Waals surface area contributed by atoms with Crippen molar-refractivity contribution < 1.29 is 13.3 Å². The van der Waals surface area contributed by atoms with Crippen LogP contribution in [0.1, 0.15) is 141 Å². The molecule has 0 radical (unpaired) electrons. The molecule has 0 rings (SSSR count). The van der Waals surface area contributed by atoms with Crippen LogP contribution >= 0.6 is 0 Å². The lowest BCUT2D eigenvalue weighted by Gasteiger charge is -2.31. The number of hydrogen-bond acceptors (Lipinski definition) is 3. The number of hydrogen-bond donors (Lipinski definition) is 0. The van der Waals surface area contributed by atoms with Gasteiger partial charge in [-0.2, -0.15) is 0 Å². The molecular formula is C31H66O3Si. The summed E-state index contributed by atoms with van der Waals surface area (Å²) in [6.45, 7) is 32.5. The van der Waals surface area contributed by atoms with Crippen LogP contribution < -0.4 is 0 Å². The van der Waals surface area contributed by atoms with Crippen molar-refractivity contribution in [2.75, 3.05) is 19.8 Å². The molecule has 3 unspecified atom stereocenters. The Labute approximate surface area is 223 Å². The molecule has 0 aliphatic carbocycles. The standard InChI is InChI=1S/C31H66O3Si/c1-14-29(7,8)23-26(4)17-20-32-35(13,33-21-18-27(5)24-30(9,10)15-2)34-22-19-28(6)25-31(11,12)16-3/h26-28H,14-25H2,1-13H3. The van der Waals surface area contributed by atoms with Crippen LogP contribution in [-0.4, -0.2) is 28.6 Å². The van der Waals surface area contributed by atoms with Crippen LogP contribution in [0.25, 0.3) is 0 Å². The van der Waals surface area contributed by atoms with E-state index in [1.165, 1.54) is 38.5 Å². The highest BCUT2D eigenvalue weighted by Gasteiger charge is 2.35. The minimum Gasteiger partial charge on any atom is -0.374 e. The highest BCUT2D eigenvalue weighted by Crippen LogP contribution is 2.32. The van der Waals surface area contributed by atoms with Crippen molar-refractivity contribution in [2.24, 2.45) is 34.0 Å². The highest BCUT2D eigenvalue weighted by atomic mass is 28.4. The fourth-order valence-electron chi connectivity index (χ4n) is 5.03. The van der Waals surface area contributed by atoms with E-state index in [9.17, 15) is 0 Å². The van der Waals surface area contributed by atoms with Crippen LogP contribution in [0.3, 0.4) is 0 Å². The van der Waals surface area contributed by atoms with Gasteiger partial charge in [-0.25, -0.2) is 0 Å². The first-order valence-corrected chi connectivity index (χ1v) is 17.1. The molecule has 0 N–H and O–H groups in total. The van der Waals surface area contributed by atoms with E-state index in [4.69, 9.17) is 13.3 Å². The molecule has 0 aromatic heterocycles. The summed E-state index contributed by atoms with van der Waals surface area (Å²) in [4.78, 5) is 0. The van der Waals surface area contributed by atoms with Crippen LogP contribution in [0.4, 0.5) is 0 Å². The molecule has 0 saturated heterocycles. The van der Waals surface area contributed by atoms with Gasteiger partial charge in [0.2, 0.25) is 0 Å². The van der Waals surface area contributed by atoms with Crippen LogP contribution in [0, 0.1) is 34.0 Å². The van der Waals surface area contributed by atoms with Gasteiger partial charge in [0.05, 0.1) is 0 Å². The maximum atomic E-state index is 6.45. The lowest BCUT2D eigenvalue weighted by atomic mass is 9.80. The molecule has 4 heteroatoms. The van der Waals surface area contributed by atoms with E-state index in [2.05, 4.69) is 89.6 Å². The Balaban J connectivity index is 4.87. The first-order valence-electron chi connectivity index (χ1n) is 14.9. The second kappa shape index (κ2) is 16.1. The lowest BCUT2D eigenvalue weighted by molar-refractivity contribution is 0.0508. The maximum Gasteiger partial charge on any atom is 0.497 e. The Bertz CT molecular complexity index is 469. The molecule has 0 aliphatic heterocycles. The normalized spacial score (nSPS) is 17.7. The van der Waals surface area contributed by atoms with Crippen molar-refractivity contribution in [2.45, 2.75) is 147 Å². The molecule has 212 valence electrons. The van der Waals surface area contributed by atoms with Crippen molar-refractivity contribution >= 4 is 8.80 Å². The molecule has 0 fully saturated rings. The Morgan fingerprint density at radius 1 is 0.514 bits per heavy atom. The first kappa shape index (κ1) is 35.1. The van der Waals surface area contributed by atoms with Crippen LogP contribution in [0.2, 0.25) is 6.55 Å². The van der Waals surface area contributed by atoms with E-state index >= 15 is 0 Å². The van der Waals surface area contributed by atoms with Gasteiger partial charge >= 0.3 is 8.80 Å². The zero-order valence-corrected chi connectivity index (χ0v) is 27.4. The van der Waals surface area contributed by atoms with E-state index in [-0.39, 0.29) is 0 Å². The van der Waals surface area contributed by atoms with Crippen molar-refractivity contribution in [3.63, 3.8) is 0 Å². The Hall–Kier alpha value is 0.0969. The Kier molecular flexibility index (Phi) is 16.2. The summed E-state index contributed by atoms with van der Waals surface area (Å²) < 4.78 is 19.4. The third kappa shape index (κ3) is 17.3. The van der Waals surface area contributed by atoms with E-state index in [1.807, 2.05) is 0 Å². The largest absolute Gasteiger partial charge is 0.497 e.